The quantitative estimate of drug-likeness (QED) is 0.379. The van der Waals surface area contributed by atoms with E-state index in [1.807, 2.05) is 6.92 Å². The Hall–Kier alpha value is -1.02. The fourth-order valence-corrected chi connectivity index (χ4v) is 1.24. The second-order valence-electron chi connectivity index (χ2n) is 4.25. The first-order valence-electron chi connectivity index (χ1n) is 5.93. The van der Waals surface area contributed by atoms with Gasteiger partial charge in [-0.2, -0.15) is 30.7 Å². The van der Waals surface area contributed by atoms with Crippen molar-refractivity contribution in [2.75, 3.05) is 6.61 Å². The Morgan fingerprint density at radius 3 is 1.95 bits per heavy atom. The van der Waals surface area contributed by atoms with Gasteiger partial charge in [-0.05, 0) is 6.42 Å². The van der Waals surface area contributed by atoms with Gasteiger partial charge >= 0.3 is 24.0 Å². The van der Waals surface area contributed by atoms with Crippen molar-refractivity contribution in [3.8, 4) is 0 Å². The van der Waals surface area contributed by atoms with E-state index >= 15 is 0 Å². The van der Waals surface area contributed by atoms with Gasteiger partial charge in [0.05, 0.1) is 0 Å². The highest BCUT2D eigenvalue weighted by Gasteiger charge is 2.73. The summed E-state index contributed by atoms with van der Waals surface area (Å²) in [5.41, 5.74) is 0. The van der Waals surface area contributed by atoms with Crippen molar-refractivity contribution in [1.82, 2.24) is 0 Å². The van der Waals surface area contributed by atoms with Gasteiger partial charge in [0.2, 0.25) is 0 Å². The Labute approximate surface area is 111 Å². The van der Waals surface area contributed by atoms with Gasteiger partial charge < -0.3 is 4.74 Å². The van der Waals surface area contributed by atoms with Crippen molar-refractivity contribution >= 4 is 5.97 Å². The molecule has 20 heavy (non-hydrogen) atoms. The zero-order valence-corrected chi connectivity index (χ0v) is 10.7. The summed E-state index contributed by atoms with van der Waals surface area (Å²) in [5.74, 6) is -13.0. The standard InChI is InChI=1S/C11H15F7O2/c1-2-3-4-5-6-8(19)20-7-9(12,13)10(14,15)11(16,17)18/h2-7H2,1H3. The highest BCUT2D eigenvalue weighted by molar-refractivity contribution is 5.69. The largest absolute Gasteiger partial charge is 0.460 e. The van der Waals surface area contributed by atoms with E-state index in [2.05, 4.69) is 4.74 Å². The van der Waals surface area contributed by atoms with Crippen LogP contribution in [0.1, 0.15) is 39.0 Å². The lowest BCUT2D eigenvalue weighted by atomic mass is 10.1. The van der Waals surface area contributed by atoms with E-state index in [0.29, 0.717) is 12.8 Å². The Bertz CT molecular complexity index is 312. The summed E-state index contributed by atoms with van der Waals surface area (Å²) < 4.78 is 89.5. The molecule has 0 aliphatic carbocycles. The van der Waals surface area contributed by atoms with Crippen LogP contribution in [0.5, 0.6) is 0 Å². The van der Waals surface area contributed by atoms with Crippen LogP contribution in [0.25, 0.3) is 0 Å². The molecule has 0 aliphatic heterocycles. The minimum atomic E-state index is -6.41. The van der Waals surface area contributed by atoms with Crippen molar-refractivity contribution in [2.24, 2.45) is 0 Å². The Morgan fingerprint density at radius 1 is 0.950 bits per heavy atom. The van der Waals surface area contributed by atoms with Gasteiger partial charge in [0, 0.05) is 6.42 Å². The van der Waals surface area contributed by atoms with Crippen molar-refractivity contribution in [1.29, 1.82) is 0 Å². The summed E-state index contributed by atoms with van der Waals surface area (Å²) in [6.45, 7) is -0.412. The molecule has 0 heterocycles. The van der Waals surface area contributed by atoms with Gasteiger partial charge in [-0.25, -0.2) is 0 Å². The van der Waals surface area contributed by atoms with Gasteiger partial charge in [-0.15, -0.1) is 0 Å². The maximum Gasteiger partial charge on any atom is 0.460 e. The normalized spacial score (nSPS) is 13.4. The average molecular weight is 312 g/mol. The number of halogens is 7. The van der Waals surface area contributed by atoms with Gasteiger partial charge in [0.1, 0.15) is 0 Å². The molecule has 0 amide bonds. The van der Waals surface area contributed by atoms with Gasteiger partial charge in [0.15, 0.2) is 6.61 Å². The first-order chi connectivity index (χ1) is 8.95. The third-order valence-corrected chi connectivity index (χ3v) is 2.46. The molecule has 0 spiro atoms. The minimum absolute atomic E-state index is 0.298. The molecule has 0 unspecified atom stereocenters. The third-order valence-electron chi connectivity index (χ3n) is 2.46. The average Bonchev–Trinajstić information content (AvgIpc) is 2.30. The highest BCUT2D eigenvalue weighted by atomic mass is 19.4. The van der Waals surface area contributed by atoms with Crippen molar-refractivity contribution in [3.05, 3.63) is 0 Å². The van der Waals surface area contributed by atoms with E-state index in [0.717, 1.165) is 12.8 Å². The fourth-order valence-electron chi connectivity index (χ4n) is 1.24. The molecule has 0 saturated heterocycles. The number of hydrogen-bond acceptors (Lipinski definition) is 2. The molecular formula is C11H15F7O2. The molecule has 0 atom stereocenters. The van der Waals surface area contributed by atoms with Gasteiger partial charge in [-0.1, -0.05) is 26.2 Å². The van der Waals surface area contributed by atoms with E-state index in [1.165, 1.54) is 0 Å². The van der Waals surface area contributed by atoms with Crippen molar-refractivity contribution in [3.63, 3.8) is 0 Å². The van der Waals surface area contributed by atoms with Crippen molar-refractivity contribution in [2.45, 2.75) is 57.0 Å². The zero-order chi connectivity index (χ0) is 16.0. The van der Waals surface area contributed by atoms with Crippen molar-refractivity contribution < 1.29 is 40.3 Å². The number of carbonyl (C=O) groups is 1. The van der Waals surface area contributed by atoms with Crippen LogP contribution >= 0.6 is 0 Å². The summed E-state index contributed by atoms with van der Waals surface area (Å²) in [5, 5.41) is 0. The maximum atomic E-state index is 12.8. The summed E-state index contributed by atoms with van der Waals surface area (Å²) in [6.07, 6.45) is -4.16. The molecular weight excluding hydrogens is 297 g/mol. The lowest BCUT2D eigenvalue weighted by Crippen LogP contribution is -2.54. The van der Waals surface area contributed by atoms with Gasteiger partial charge in [0.25, 0.3) is 0 Å². The second-order valence-corrected chi connectivity index (χ2v) is 4.25. The topological polar surface area (TPSA) is 26.3 Å². The van der Waals surface area contributed by atoms with Gasteiger partial charge in [-0.3, -0.25) is 4.79 Å². The molecule has 0 rings (SSSR count). The first kappa shape index (κ1) is 19.0. The summed E-state index contributed by atoms with van der Waals surface area (Å²) in [7, 11) is 0. The smallest absolute Gasteiger partial charge is 0.459 e. The summed E-state index contributed by atoms with van der Waals surface area (Å²) in [4.78, 5) is 10.9. The van der Waals surface area contributed by atoms with Crippen LogP contribution in [-0.4, -0.2) is 30.6 Å². The number of carbonyl (C=O) groups excluding carboxylic acids is 1. The molecule has 0 aliphatic rings. The number of alkyl halides is 7. The second kappa shape index (κ2) is 7.12. The van der Waals surface area contributed by atoms with E-state index in [4.69, 9.17) is 0 Å². The minimum Gasteiger partial charge on any atom is -0.459 e. The zero-order valence-electron chi connectivity index (χ0n) is 10.7. The van der Waals surface area contributed by atoms with Crippen LogP contribution < -0.4 is 0 Å². The number of hydrogen-bond donors (Lipinski definition) is 0. The van der Waals surface area contributed by atoms with Crippen LogP contribution in [-0.2, 0) is 9.53 Å². The number of unbranched alkanes of at least 4 members (excludes halogenated alkanes) is 3. The fraction of sp³-hybridized carbons (Fsp3) is 0.909. The molecule has 0 aromatic carbocycles. The highest BCUT2D eigenvalue weighted by Crippen LogP contribution is 2.46. The lowest BCUT2D eigenvalue weighted by Gasteiger charge is -2.27. The van der Waals surface area contributed by atoms with E-state index in [1.54, 1.807) is 0 Å². The van der Waals surface area contributed by atoms with Crippen LogP contribution in [0.3, 0.4) is 0 Å². The Kier molecular flexibility index (Phi) is 6.76. The Balaban J connectivity index is 4.32. The Morgan fingerprint density at radius 2 is 1.50 bits per heavy atom. The number of ether oxygens (including phenoxy) is 1. The molecule has 0 fully saturated rings. The summed E-state index contributed by atoms with van der Waals surface area (Å²) >= 11 is 0. The molecule has 0 aromatic heterocycles. The summed E-state index contributed by atoms with van der Waals surface area (Å²) in [6, 6.07) is 0. The maximum absolute atomic E-state index is 12.8. The van der Waals surface area contributed by atoms with E-state index in [-0.39, 0.29) is 6.42 Å². The number of rotatable bonds is 8. The van der Waals surface area contributed by atoms with Crippen LogP contribution in [0.15, 0.2) is 0 Å². The predicted molar refractivity (Wildman–Crippen MR) is 55.7 cm³/mol. The molecule has 9 heteroatoms. The molecule has 0 N–H and O–H groups in total. The number of esters is 1. The molecule has 0 bridgehead atoms. The molecule has 0 aromatic rings. The van der Waals surface area contributed by atoms with Crippen LogP contribution in [0.4, 0.5) is 30.7 Å². The SMILES string of the molecule is CCCCCCC(=O)OCC(F)(F)C(F)(F)C(F)(F)F. The molecule has 0 saturated carbocycles. The lowest BCUT2D eigenvalue weighted by molar-refractivity contribution is -0.359. The monoisotopic (exact) mass is 312 g/mol. The van der Waals surface area contributed by atoms with Crippen LogP contribution in [0, 0.1) is 0 Å². The first-order valence-corrected chi connectivity index (χ1v) is 5.93. The predicted octanol–water partition coefficient (Wildman–Crippen LogP) is 4.33. The van der Waals surface area contributed by atoms with Crippen LogP contribution in [0.2, 0.25) is 0 Å². The third kappa shape index (κ3) is 5.16. The molecule has 0 radical (unpaired) electrons. The molecule has 2 nitrogen and oxygen atoms in total. The van der Waals surface area contributed by atoms with E-state index in [9.17, 15) is 35.5 Å². The molecule has 120 valence electrons. The van der Waals surface area contributed by atoms with E-state index < -0.39 is 30.6 Å².